The minimum absolute atomic E-state index is 0.0370. The number of aliphatic hydroxyl groups excluding tert-OH is 1. The predicted molar refractivity (Wildman–Crippen MR) is 110 cm³/mol. The second kappa shape index (κ2) is 7.49. The third-order valence-electron chi connectivity index (χ3n) is 4.52. The van der Waals surface area contributed by atoms with Crippen molar-refractivity contribution in [3.8, 4) is 17.0 Å². The lowest BCUT2D eigenvalue weighted by Crippen LogP contribution is -2.26. The number of thiazole rings is 1. The molecule has 2 heterocycles. The first kappa shape index (κ1) is 20.0. The van der Waals surface area contributed by atoms with Crippen molar-refractivity contribution >= 4 is 28.4 Å². The Kier molecular flexibility index (Phi) is 4.98. The molecule has 0 spiro atoms. The largest absolute Gasteiger partial charge is 0.573 e. The lowest BCUT2D eigenvalue weighted by atomic mass is 10.1. The zero-order chi connectivity index (χ0) is 21.5. The maximum absolute atomic E-state index is 12.5. The number of aromatic nitrogens is 1. The average molecular weight is 431 g/mol. The molecule has 3 aromatic rings. The van der Waals surface area contributed by atoms with E-state index in [-0.39, 0.29) is 23.7 Å². The summed E-state index contributed by atoms with van der Waals surface area (Å²) < 4.78 is 41.5. The van der Waals surface area contributed by atoms with Crippen molar-refractivity contribution in [2.45, 2.75) is 13.3 Å². The minimum atomic E-state index is -4.81. The van der Waals surface area contributed by atoms with E-state index in [4.69, 9.17) is 5.41 Å². The number of benzene rings is 2. The van der Waals surface area contributed by atoms with Crippen LogP contribution in [0.25, 0.3) is 16.8 Å². The number of nitrogens with zero attached hydrogens (tertiary/aromatic N) is 2. The van der Waals surface area contributed by atoms with Gasteiger partial charge in [-0.3, -0.25) is 5.41 Å². The van der Waals surface area contributed by atoms with Gasteiger partial charge in [-0.2, -0.15) is 0 Å². The number of halogens is 3. The van der Waals surface area contributed by atoms with Crippen molar-refractivity contribution in [1.29, 1.82) is 5.41 Å². The van der Waals surface area contributed by atoms with Crippen molar-refractivity contribution in [1.82, 2.24) is 4.98 Å². The van der Waals surface area contributed by atoms with Gasteiger partial charge in [0.05, 0.1) is 17.8 Å². The average Bonchev–Trinajstić information content (AvgIpc) is 3.20. The third-order valence-corrected chi connectivity index (χ3v) is 5.51. The Labute approximate surface area is 174 Å². The fraction of sp³-hybridized carbons (Fsp3) is 0.143. The highest BCUT2D eigenvalue weighted by molar-refractivity contribution is 7.13. The summed E-state index contributed by atoms with van der Waals surface area (Å²) >= 11 is 1.35. The molecule has 0 radical (unpaired) electrons. The van der Waals surface area contributed by atoms with Crippen LogP contribution in [-0.4, -0.2) is 28.8 Å². The van der Waals surface area contributed by atoms with Crippen LogP contribution in [0, 0.1) is 12.3 Å². The first-order chi connectivity index (χ1) is 14.2. The van der Waals surface area contributed by atoms with Crippen LogP contribution in [0.15, 0.2) is 60.4 Å². The molecule has 0 saturated heterocycles. The molecule has 2 N–H and O–H groups in total. The topological polar surface area (TPSA) is 69.4 Å². The second-order valence-corrected chi connectivity index (χ2v) is 7.79. The number of hydrogen-bond acceptors (Lipinski definition) is 5. The molecule has 0 unspecified atom stereocenters. The van der Waals surface area contributed by atoms with Crippen LogP contribution in [0.1, 0.15) is 9.88 Å². The van der Waals surface area contributed by atoms with E-state index in [2.05, 4.69) is 9.72 Å². The molecule has 0 bridgehead atoms. The van der Waals surface area contributed by atoms with Gasteiger partial charge in [0.1, 0.15) is 22.4 Å². The quantitative estimate of drug-likeness (QED) is 0.549. The summed E-state index contributed by atoms with van der Waals surface area (Å²) in [5, 5.41) is 19.5. The lowest BCUT2D eigenvalue weighted by molar-refractivity contribution is -0.274. The van der Waals surface area contributed by atoms with Crippen LogP contribution in [-0.2, 0) is 0 Å². The number of amidine groups is 1. The van der Waals surface area contributed by atoms with Gasteiger partial charge in [0.2, 0.25) is 0 Å². The van der Waals surface area contributed by atoms with E-state index in [1.165, 1.54) is 34.4 Å². The van der Waals surface area contributed by atoms with Crippen LogP contribution in [0.5, 0.6) is 5.75 Å². The van der Waals surface area contributed by atoms with Crippen molar-refractivity contribution in [3.63, 3.8) is 0 Å². The molecule has 5 nitrogen and oxygen atoms in total. The number of aryl methyl sites for hydroxylation is 1. The summed E-state index contributed by atoms with van der Waals surface area (Å²) in [6.45, 7) is 1.87. The predicted octanol–water partition coefficient (Wildman–Crippen LogP) is 5.78. The highest BCUT2D eigenvalue weighted by Gasteiger charge is 2.34. The number of anilines is 1. The van der Waals surface area contributed by atoms with E-state index >= 15 is 0 Å². The maximum atomic E-state index is 12.5. The van der Waals surface area contributed by atoms with E-state index < -0.39 is 12.1 Å². The van der Waals surface area contributed by atoms with Gasteiger partial charge < -0.3 is 14.7 Å². The fourth-order valence-corrected chi connectivity index (χ4v) is 4.24. The zero-order valence-electron chi connectivity index (χ0n) is 15.7. The molecule has 30 heavy (non-hydrogen) atoms. The van der Waals surface area contributed by atoms with Crippen LogP contribution in [0.3, 0.4) is 0 Å². The molecule has 4 rings (SSSR count). The monoisotopic (exact) mass is 431 g/mol. The molecule has 2 aromatic carbocycles. The first-order valence-corrected chi connectivity index (χ1v) is 9.72. The number of aliphatic hydroxyl groups is 1. The molecule has 0 fully saturated rings. The summed E-state index contributed by atoms with van der Waals surface area (Å²) in [7, 11) is 0. The molecule has 0 aliphatic carbocycles. The van der Waals surface area contributed by atoms with E-state index in [1.54, 1.807) is 6.07 Å². The van der Waals surface area contributed by atoms with Gasteiger partial charge in [-0.25, -0.2) is 4.98 Å². The van der Waals surface area contributed by atoms with Gasteiger partial charge in [0.15, 0.2) is 0 Å². The van der Waals surface area contributed by atoms with Gasteiger partial charge >= 0.3 is 6.36 Å². The van der Waals surface area contributed by atoms with Crippen molar-refractivity contribution in [3.05, 3.63) is 70.2 Å². The highest BCUT2D eigenvalue weighted by atomic mass is 32.1. The number of alkyl halides is 3. The smallest absolute Gasteiger partial charge is 0.510 e. The van der Waals surface area contributed by atoms with Gasteiger partial charge in [-0.05, 0) is 19.1 Å². The molecule has 1 aliphatic heterocycles. The number of rotatable bonds is 4. The number of hydrogen-bond donors (Lipinski definition) is 2. The SMILES string of the molecule is Cc1sc(C2=C(O)CN(c3cccc(OC(F)(F)F)c3)C2=N)nc1-c1ccccc1. The highest BCUT2D eigenvalue weighted by Crippen LogP contribution is 2.37. The molecule has 0 amide bonds. The normalized spacial score (nSPS) is 14.5. The maximum Gasteiger partial charge on any atom is 0.573 e. The molecule has 154 valence electrons. The standard InChI is InChI=1S/C21H16F3N3O2S/c1-12-18(13-6-3-2-4-7-13)26-20(30-12)17-16(28)11-27(19(17)25)14-8-5-9-15(10-14)29-21(22,23)24/h2-10,25,28H,11H2,1H3. The van der Waals surface area contributed by atoms with Crippen molar-refractivity contribution < 1.29 is 23.0 Å². The Balaban J connectivity index is 1.63. The third kappa shape index (κ3) is 3.88. The second-order valence-electron chi connectivity index (χ2n) is 6.59. The van der Waals surface area contributed by atoms with Gasteiger partial charge in [0.25, 0.3) is 0 Å². The van der Waals surface area contributed by atoms with E-state index in [1.807, 2.05) is 37.3 Å². The minimum Gasteiger partial charge on any atom is -0.510 e. The first-order valence-electron chi connectivity index (χ1n) is 8.90. The molecule has 0 atom stereocenters. The van der Waals surface area contributed by atoms with Crippen LogP contribution < -0.4 is 9.64 Å². The Bertz CT molecular complexity index is 1140. The van der Waals surface area contributed by atoms with Crippen molar-refractivity contribution in [2.24, 2.45) is 0 Å². The van der Waals surface area contributed by atoms with Crippen LogP contribution in [0.2, 0.25) is 0 Å². The van der Waals surface area contributed by atoms with Gasteiger partial charge in [0, 0.05) is 22.2 Å². The summed E-state index contributed by atoms with van der Waals surface area (Å²) in [6.07, 6.45) is -4.81. The van der Waals surface area contributed by atoms with E-state index in [0.29, 0.717) is 10.7 Å². The van der Waals surface area contributed by atoms with E-state index in [9.17, 15) is 18.3 Å². The zero-order valence-corrected chi connectivity index (χ0v) is 16.5. The number of nitrogens with one attached hydrogen (secondary N) is 1. The van der Waals surface area contributed by atoms with Crippen LogP contribution in [0.4, 0.5) is 18.9 Å². The van der Waals surface area contributed by atoms with Gasteiger partial charge in [-0.15, -0.1) is 24.5 Å². The van der Waals surface area contributed by atoms with Crippen molar-refractivity contribution in [2.75, 3.05) is 11.4 Å². The summed E-state index contributed by atoms with van der Waals surface area (Å²) in [6, 6.07) is 14.9. The lowest BCUT2D eigenvalue weighted by Gasteiger charge is -2.19. The Morgan fingerprint density at radius 1 is 1.13 bits per heavy atom. The summed E-state index contributed by atoms with van der Waals surface area (Å²) in [5.74, 6) is -0.488. The fourth-order valence-electron chi connectivity index (χ4n) is 3.24. The molecular weight excluding hydrogens is 415 g/mol. The summed E-state index contributed by atoms with van der Waals surface area (Å²) in [5.41, 5.74) is 2.27. The molecule has 0 saturated carbocycles. The number of ether oxygens (including phenoxy) is 1. The molecule has 1 aliphatic rings. The Hall–Kier alpha value is -3.33. The molecule has 1 aromatic heterocycles. The van der Waals surface area contributed by atoms with Gasteiger partial charge in [-0.1, -0.05) is 36.4 Å². The molecule has 9 heteroatoms. The van der Waals surface area contributed by atoms with Crippen LogP contribution >= 0.6 is 11.3 Å². The van der Waals surface area contributed by atoms with E-state index in [0.717, 1.165) is 16.1 Å². The summed E-state index contributed by atoms with van der Waals surface area (Å²) in [4.78, 5) is 6.96. The molecular formula is C21H16F3N3O2S. The Morgan fingerprint density at radius 2 is 1.87 bits per heavy atom. The Morgan fingerprint density at radius 3 is 2.57 bits per heavy atom.